The molecule has 0 aromatic heterocycles. The lowest BCUT2D eigenvalue weighted by atomic mass is 9.95. The molecule has 0 fully saturated rings. The van der Waals surface area contributed by atoms with E-state index in [0.717, 1.165) is 0 Å². The van der Waals surface area contributed by atoms with Gasteiger partial charge in [0.05, 0.1) is 31.5 Å². The van der Waals surface area contributed by atoms with Crippen LogP contribution in [0.5, 0.6) is 17.2 Å². The number of urea groups is 1. The van der Waals surface area contributed by atoms with E-state index in [0.29, 0.717) is 52.3 Å². The molecule has 0 saturated heterocycles. The molecule has 2 atom stereocenters. The molecule has 3 rings (SSSR count). The van der Waals surface area contributed by atoms with Crippen molar-refractivity contribution in [1.82, 2.24) is 16.1 Å². The van der Waals surface area contributed by atoms with Crippen LogP contribution < -0.4 is 30.3 Å². The van der Waals surface area contributed by atoms with Crippen LogP contribution in [-0.2, 0) is 9.53 Å². The number of aliphatic hydroxyl groups is 1. The molecule has 39 heavy (non-hydrogen) atoms. The maximum atomic E-state index is 12.4. The standard InChI is InChI=1S/C27H31ClN4O7/c1-5-11-38-20-10-8-19(28)12-18(20)14-29-32-23(33)15-39-21-9-7-17(13-22(21)37-6-2)25-24(26(34)36-4)16(3)30-27(35)31-25/h5,7-10,12-14,23,25,32-33H,1,6,11,15H2,2-4H3,(H2,30,31,35)/b29-14+/t23-,25-/m0/s1. The van der Waals surface area contributed by atoms with Crippen LogP contribution in [0.3, 0.4) is 0 Å². The Morgan fingerprint density at radius 2 is 1.97 bits per heavy atom. The SMILES string of the molecule is C=CCOc1ccc(Cl)cc1/C=N/N[C@@H](O)COc1ccc([C@@H]2NC(=O)NC(C)=C2C(=O)OC)cc1OCC. The van der Waals surface area contributed by atoms with Crippen molar-refractivity contribution in [2.24, 2.45) is 5.10 Å². The summed E-state index contributed by atoms with van der Waals surface area (Å²) in [5.74, 6) is 0.696. The fraction of sp³-hybridized carbons (Fsp3) is 0.296. The summed E-state index contributed by atoms with van der Waals surface area (Å²) in [5.41, 5.74) is 4.43. The molecule has 0 radical (unpaired) electrons. The number of hydrogen-bond acceptors (Lipinski definition) is 9. The molecule has 2 aromatic rings. The van der Waals surface area contributed by atoms with Crippen molar-refractivity contribution in [2.75, 3.05) is 26.9 Å². The van der Waals surface area contributed by atoms with Crippen LogP contribution in [0.1, 0.15) is 31.0 Å². The Bertz CT molecular complexity index is 1260. The van der Waals surface area contributed by atoms with Gasteiger partial charge in [-0.1, -0.05) is 30.3 Å². The Morgan fingerprint density at radius 3 is 2.69 bits per heavy atom. The number of ether oxygens (including phenoxy) is 4. The highest BCUT2D eigenvalue weighted by atomic mass is 35.5. The Kier molecular flexibility index (Phi) is 10.6. The van der Waals surface area contributed by atoms with E-state index in [1.54, 1.807) is 56.3 Å². The monoisotopic (exact) mass is 558 g/mol. The lowest BCUT2D eigenvalue weighted by Gasteiger charge is -2.28. The van der Waals surface area contributed by atoms with Crippen molar-refractivity contribution in [3.05, 3.63) is 76.5 Å². The number of hydrazone groups is 1. The molecule has 0 saturated carbocycles. The minimum atomic E-state index is -1.16. The number of nitrogens with one attached hydrogen (secondary N) is 3. The first kappa shape index (κ1) is 29.3. The summed E-state index contributed by atoms with van der Waals surface area (Å²) in [7, 11) is 1.27. The number of allylic oxidation sites excluding steroid dienone is 1. The smallest absolute Gasteiger partial charge is 0.337 e. The number of halogens is 1. The summed E-state index contributed by atoms with van der Waals surface area (Å²) in [5, 5.41) is 20.2. The summed E-state index contributed by atoms with van der Waals surface area (Å²) in [6, 6.07) is 8.86. The quantitative estimate of drug-likeness (QED) is 0.0964. The Labute approximate surface area is 231 Å². The van der Waals surface area contributed by atoms with Crippen molar-refractivity contribution in [3.8, 4) is 17.2 Å². The first-order valence-electron chi connectivity index (χ1n) is 12.0. The van der Waals surface area contributed by atoms with E-state index >= 15 is 0 Å². The highest BCUT2D eigenvalue weighted by Crippen LogP contribution is 2.35. The average Bonchev–Trinajstić information content (AvgIpc) is 2.91. The van der Waals surface area contributed by atoms with Crippen molar-refractivity contribution in [1.29, 1.82) is 0 Å². The number of rotatable bonds is 13. The molecular formula is C27H31ClN4O7. The molecule has 0 aliphatic carbocycles. The Hall–Kier alpha value is -4.22. The second kappa shape index (κ2) is 14.1. The summed E-state index contributed by atoms with van der Waals surface area (Å²) in [6.45, 7) is 7.54. The number of carbonyl (C=O) groups is 2. The van der Waals surface area contributed by atoms with Crippen molar-refractivity contribution in [3.63, 3.8) is 0 Å². The van der Waals surface area contributed by atoms with Gasteiger partial charge in [0.1, 0.15) is 19.0 Å². The maximum Gasteiger partial charge on any atom is 0.337 e. The number of carbonyl (C=O) groups excluding carboxylic acids is 2. The molecule has 12 heteroatoms. The minimum absolute atomic E-state index is 0.164. The molecule has 1 aliphatic heterocycles. The van der Waals surface area contributed by atoms with Crippen LogP contribution >= 0.6 is 11.6 Å². The minimum Gasteiger partial charge on any atom is -0.490 e. The summed E-state index contributed by atoms with van der Waals surface area (Å²) in [4.78, 5) is 24.5. The first-order valence-corrected chi connectivity index (χ1v) is 12.4. The molecule has 208 valence electrons. The number of benzene rings is 2. The molecular weight excluding hydrogens is 528 g/mol. The summed E-state index contributed by atoms with van der Waals surface area (Å²) < 4.78 is 22.0. The number of aliphatic hydroxyl groups excluding tert-OH is 1. The van der Waals surface area contributed by atoms with Gasteiger partial charge in [-0.25, -0.2) is 9.59 Å². The fourth-order valence-corrected chi connectivity index (χ4v) is 3.90. The third kappa shape index (κ3) is 7.88. The molecule has 0 bridgehead atoms. The van der Waals surface area contributed by atoms with Crippen LogP contribution in [0.25, 0.3) is 0 Å². The zero-order chi connectivity index (χ0) is 28.4. The van der Waals surface area contributed by atoms with Crippen LogP contribution in [0, 0.1) is 0 Å². The number of nitrogens with zero attached hydrogens (tertiary/aromatic N) is 1. The highest BCUT2D eigenvalue weighted by molar-refractivity contribution is 6.30. The van der Waals surface area contributed by atoms with E-state index in [9.17, 15) is 14.7 Å². The summed E-state index contributed by atoms with van der Waals surface area (Å²) in [6.07, 6.45) is 1.93. The van der Waals surface area contributed by atoms with Crippen LogP contribution in [0.4, 0.5) is 4.79 Å². The van der Waals surface area contributed by atoms with Crippen LogP contribution in [0.15, 0.2) is 65.4 Å². The molecule has 0 spiro atoms. The first-order chi connectivity index (χ1) is 18.8. The van der Waals surface area contributed by atoms with Gasteiger partial charge in [0.15, 0.2) is 17.7 Å². The second-order valence-electron chi connectivity index (χ2n) is 8.20. The van der Waals surface area contributed by atoms with E-state index in [-0.39, 0.29) is 12.2 Å². The predicted molar refractivity (Wildman–Crippen MR) is 146 cm³/mol. The third-order valence-electron chi connectivity index (χ3n) is 5.43. The van der Waals surface area contributed by atoms with E-state index in [1.807, 2.05) is 0 Å². The van der Waals surface area contributed by atoms with Crippen molar-refractivity contribution >= 4 is 29.8 Å². The maximum absolute atomic E-state index is 12.4. The van der Waals surface area contributed by atoms with Gasteiger partial charge in [0, 0.05) is 16.3 Å². The van der Waals surface area contributed by atoms with Crippen molar-refractivity contribution < 1.29 is 33.6 Å². The number of esters is 1. The largest absolute Gasteiger partial charge is 0.490 e. The van der Waals surface area contributed by atoms with Gasteiger partial charge in [0.25, 0.3) is 0 Å². The van der Waals surface area contributed by atoms with E-state index in [1.165, 1.54) is 13.3 Å². The van der Waals surface area contributed by atoms with Crippen LogP contribution in [0.2, 0.25) is 5.02 Å². The molecule has 2 aromatic carbocycles. The molecule has 1 heterocycles. The fourth-order valence-electron chi connectivity index (χ4n) is 3.72. The van der Waals surface area contributed by atoms with Gasteiger partial charge in [-0.3, -0.25) is 5.43 Å². The summed E-state index contributed by atoms with van der Waals surface area (Å²) >= 11 is 6.07. The molecule has 1 aliphatic rings. The van der Waals surface area contributed by atoms with Gasteiger partial charge in [-0.2, -0.15) is 5.10 Å². The molecule has 2 amide bonds. The second-order valence-corrected chi connectivity index (χ2v) is 8.63. The average molecular weight is 559 g/mol. The topological polar surface area (TPSA) is 140 Å². The molecule has 11 nitrogen and oxygen atoms in total. The van der Waals surface area contributed by atoms with E-state index in [4.69, 9.17) is 30.5 Å². The Morgan fingerprint density at radius 1 is 1.21 bits per heavy atom. The third-order valence-corrected chi connectivity index (χ3v) is 5.66. The zero-order valence-electron chi connectivity index (χ0n) is 21.8. The lowest BCUT2D eigenvalue weighted by molar-refractivity contribution is -0.136. The van der Waals surface area contributed by atoms with E-state index in [2.05, 4.69) is 27.7 Å². The van der Waals surface area contributed by atoms with Gasteiger partial charge in [-0.15, -0.1) is 0 Å². The lowest BCUT2D eigenvalue weighted by Crippen LogP contribution is -2.45. The van der Waals surface area contributed by atoms with Gasteiger partial charge in [0.2, 0.25) is 0 Å². The highest BCUT2D eigenvalue weighted by Gasteiger charge is 2.32. The normalized spacial score (nSPS) is 15.7. The van der Waals surface area contributed by atoms with Gasteiger partial charge in [-0.05, 0) is 49.7 Å². The predicted octanol–water partition coefficient (Wildman–Crippen LogP) is 3.43. The number of methoxy groups -OCH3 is 1. The van der Waals surface area contributed by atoms with Gasteiger partial charge >= 0.3 is 12.0 Å². The number of hydrogen-bond donors (Lipinski definition) is 4. The van der Waals surface area contributed by atoms with Crippen molar-refractivity contribution in [2.45, 2.75) is 26.1 Å². The Balaban J connectivity index is 1.70. The van der Waals surface area contributed by atoms with Gasteiger partial charge < -0.3 is 34.7 Å². The molecule has 4 N–H and O–H groups in total. The number of amides is 2. The van der Waals surface area contributed by atoms with Crippen LogP contribution in [-0.4, -0.2) is 56.5 Å². The molecule has 0 unspecified atom stereocenters. The van der Waals surface area contributed by atoms with E-state index < -0.39 is 24.3 Å². The zero-order valence-corrected chi connectivity index (χ0v) is 22.6.